The maximum atomic E-state index is 13.8. The molecule has 4 rings (SSSR count). The van der Waals surface area contributed by atoms with E-state index in [2.05, 4.69) is 34.8 Å². The molecule has 0 saturated carbocycles. The van der Waals surface area contributed by atoms with Gasteiger partial charge < -0.3 is 25.0 Å². The molecule has 0 radical (unpaired) electrons. The number of likely N-dealkylation sites (tertiary alicyclic amines) is 1. The van der Waals surface area contributed by atoms with Gasteiger partial charge in [0.25, 0.3) is 11.8 Å². The molecule has 0 unspecified atom stereocenters. The third-order valence-electron chi connectivity index (χ3n) is 6.27. The summed E-state index contributed by atoms with van der Waals surface area (Å²) in [7, 11) is 1.58. The summed E-state index contributed by atoms with van der Waals surface area (Å²) in [6.07, 6.45) is 0.839. The predicted octanol–water partition coefficient (Wildman–Crippen LogP) is 3.23. The molecule has 0 bridgehead atoms. The van der Waals surface area contributed by atoms with Gasteiger partial charge in [0.2, 0.25) is 0 Å². The van der Waals surface area contributed by atoms with E-state index in [-0.39, 0.29) is 24.5 Å². The molecular weight excluding hydrogens is 482 g/mol. The Morgan fingerprint density at radius 1 is 1.28 bits per heavy atom. The van der Waals surface area contributed by atoms with Crippen LogP contribution in [0.5, 0.6) is 5.75 Å². The summed E-state index contributed by atoms with van der Waals surface area (Å²) >= 11 is 1.31. The number of hydrogen-bond donors (Lipinski definition) is 3. The van der Waals surface area contributed by atoms with Crippen LogP contribution in [0.25, 0.3) is 10.1 Å². The normalized spacial score (nSPS) is 16.9. The number of carbonyl (C=O) groups is 3. The molecule has 11 heteroatoms. The second-order valence-electron chi connectivity index (χ2n) is 9.37. The summed E-state index contributed by atoms with van der Waals surface area (Å²) < 4.78 is 11.9. The van der Waals surface area contributed by atoms with Crippen molar-refractivity contribution in [2.75, 3.05) is 45.3 Å². The lowest BCUT2D eigenvalue weighted by Crippen LogP contribution is -2.50. The number of thiophene rings is 1. The van der Waals surface area contributed by atoms with E-state index in [1.54, 1.807) is 12.0 Å². The zero-order valence-corrected chi connectivity index (χ0v) is 21.9. The van der Waals surface area contributed by atoms with E-state index in [1.807, 2.05) is 25.1 Å². The lowest BCUT2D eigenvalue weighted by molar-refractivity contribution is -0.125. The fourth-order valence-corrected chi connectivity index (χ4v) is 5.66. The van der Waals surface area contributed by atoms with Gasteiger partial charge in [-0.3, -0.25) is 19.9 Å². The molecule has 2 aromatic rings. The minimum Gasteiger partial charge on any atom is -0.495 e. The zero-order valence-electron chi connectivity index (χ0n) is 21.1. The number of ether oxygens (including phenoxy) is 2. The van der Waals surface area contributed by atoms with E-state index in [1.165, 1.54) is 11.3 Å². The van der Waals surface area contributed by atoms with Gasteiger partial charge in [-0.15, -0.1) is 11.3 Å². The number of piperidine rings is 1. The van der Waals surface area contributed by atoms with Crippen molar-refractivity contribution in [1.82, 2.24) is 15.5 Å². The standard InChI is InChI=1S/C25H33N5O5S/c1-5-26-24(33)28-21-19(16-7-6-8-17(34-4)20(16)36-21)22(31)30-11-9-25(10-12-30)23(32)27-18(29-25)14-35-13-15(2)3/h6-8,15H,5,9-14H2,1-4H3,(H2,26,28,33)(H,27,29,32). The first-order valence-corrected chi connectivity index (χ1v) is 13.0. The molecular formula is C25H33N5O5S. The Kier molecular flexibility index (Phi) is 7.79. The monoisotopic (exact) mass is 515 g/mol. The van der Waals surface area contributed by atoms with Crippen LogP contribution in [-0.2, 0) is 9.53 Å². The van der Waals surface area contributed by atoms with Gasteiger partial charge in [0.05, 0.1) is 17.4 Å². The highest BCUT2D eigenvalue weighted by Gasteiger charge is 2.46. The first-order chi connectivity index (χ1) is 17.3. The fraction of sp³-hybridized carbons (Fsp3) is 0.520. The van der Waals surface area contributed by atoms with Crippen molar-refractivity contribution >= 4 is 50.1 Å². The number of carbonyl (C=O) groups excluding carboxylic acids is 3. The number of benzene rings is 1. The Morgan fingerprint density at radius 2 is 2.03 bits per heavy atom. The molecule has 2 aliphatic rings. The molecule has 1 spiro atoms. The van der Waals surface area contributed by atoms with Crippen LogP contribution >= 0.6 is 11.3 Å². The molecule has 3 heterocycles. The first-order valence-electron chi connectivity index (χ1n) is 12.2. The van der Waals surface area contributed by atoms with Gasteiger partial charge in [0.1, 0.15) is 28.7 Å². The van der Waals surface area contributed by atoms with Crippen LogP contribution in [0.2, 0.25) is 0 Å². The Bertz CT molecular complexity index is 1180. The molecule has 1 saturated heterocycles. The van der Waals surface area contributed by atoms with E-state index in [0.29, 0.717) is 67.2 Å². The molecule has 36 heavy (non-hydrogen) atoms. The van der Waals surface area contributed by atoms with Gasteiger partial charge in [0, 0.05) is 31.6 Å². The average Bonchev–Trinajstić information content (AvgIpc) is 3.35. The van der Waals surface area contributed by atoms with Crippen LogP contribution in [-0.4, -0.2) is 74.1 Å². The van der Waals surface area contributed by atoms with Crippen LogP contribution in [0.3, 0.4) is 0 Å². The predicted molar refractivity (Wildman–Crippen MR) is 140 cm³/mol. The van der Waals surface area contributed by atoms with Crippen molar-refractivity contribution in [2.24, 2.45) is 10.9 Å². The van der Waals surface area contributed by atoms with Gasteiger partial charge in [0.15, 0.2) is 0 Å². The maximum Gasteiger partial charge on any atom is 0.319 e. The van der Waals surface area contributed by atoms with Crippen LogP contribution in [0.1, 0.15) is 44.0 Å². The SMILES string of the molecule is CCNC(=O)Nc1sc2c(OC)cccc2c1C(=O)N1CCC2(CC1)N=C(COCC(C)C)NC2=O. The molecule has 0 aliphatic carbocycles. The summed E-state index contributed by atoms with van der Waals surface area (Å²) in [5, 5.41) is 9.57. The third kappa shape index (κ3) is 5.17. The number of anilines is 1. The Hall–Kier alpha value is -3.18. The molecule has 1 aromatic carbocycles. The number of rotatable bonds is 8. The van der Waals surface area contributed by atoms with Crippen LogP contribution in [0.15, 0.2) is 23.2 Å². The number of hydrogen-bond acceptors (Lipinski definition) is 7. The van der Waals surface area contributed by atoms with Gasteiger partial charge in [-0.2, -0.15) is 0 Å². The minimum atomic E-state index is -0.866. The number of urea groups is 1. The van der Waals surface area contributed by atoms with Gasteiger partial charge >= 0.3 is 6.03 Å². The van der Waals surface area contributed by atoms with E-state index in [4.69, 9.17) is 9.47 Å². The molecule has 2 aliphatic heterocycles. The summed E-state index contributed by atoms with van der Waals surface area (Å²) in [5.74, 6) is 1.25. The largest absolute Gasteiger partial charge is 0.495 e. The lowest BCUT2D eigenvalue weighted by atomic mass is 9.87. The number of amidine groups is 1. The number of methoxy groups -OCH3 is 1. The molecule has 10 nitrogen and oxygen atoms in total. The second kappa shape index (κ2) is 10.8. The quantitative estimate of drug-likeness (QED) is 0.498. The van der Waals surface area contributed by atoms with E-state index < -0.39 is 5.54 Å². The van der Waals surface area contributed by atoms with Crippen molar-refractivity contribution in [3.63, 3.8) is 0 Å². The van der Waals surface area contributed by atoms with Crippen molar-refractivity contribution < 1.29 is 23.9 Å². The van der Waals surface area contributed by atoms with Crippen molar-refractivity contribution in [2.45, 2.75) is 39.2 Å². The summed E-state index contributed by atoms with van der Waals surface area (Å²) in [5.41, 5.74) is -0.437. The first kappa shape index (κ1) is 25.9. The Labute approximate surface area is 214 Å². The molecule has 0 atom stereocenters. The second-order valence-corrected chi connectivity index (χ2v) is 10.4. The van der Waals surface area contributed by atoms with Crippen molar-refractivity contribution in [3.8, 4) is 5.75 Å². The van der Waals surface area contributed by atoms with Gasteiger partial charge in [-0.05, 0) is 31.7 Å². The zero-order chi connectivity index (χ0) is 25.9. The molecule has 1 fully saturated rings. The highest BCUT2D eigenvalue weighted by molar-refractivity contribution is 7.23. The molecule has 3 N–H and O–H groups in total. The van der Waals surface area contributed by atoms with Crippen molar-refractivity contribution in [3.05, 3.63) is 23.8 Å². The Morgan fingerprint density at radius 3 is 2.69 bits per heavy atom. The molecule has 4 amide bonds. The topological polar surface area (TPSA) is 121 Å². The lowest BCUT2D eigenvalue weighted by Gasteiger charge is -2.35. The number of fused-ring (bicyclic) bond motifs is 1. The molecule has 194 valence electrons. The maximum absolute atomic E-state index is 13.8. The van der Waals surface area contributed by atoms with E-state index >= 15 is 0 Å². The highest BCUT2D eigenvalue weighted by atomic mass is 32.1. The number of nitrogens with one attached hydrogen (secondary N) is 3. The van der Waals surface area contributed by atoms with Crippen LogP contribution in [0.4, 0.5) is 9.80 Å². The smallest absolute Gasteiger partial charge is 0.319 e. The summed E-state index contributed by atoms with van der Waals surface area (Å²) in [4.78, 5) is 45.3. The summed E-state index contributed by atoms with van der Waals surface area (Å²) in [6.45, 7) is 8.02. The van der Waals surface area contributed by atoms with Gasteiger partial charge in [-0.25, -0.2) is 4.79 Å². The van der Waals surface area contributed by atoms with E-state index in [9.17, 15) is 14.4 Å². The van der Waals surface area contributed by atoms with E-state index in [0.717, 1.165) is 10.1 Å². The molecule has 1 aromatic heterocycles. The van der Waals surface area contributed by atoms with Crippen molar-refractivity contribution in [1.29, 1.82) is 0 Å². The Balaban J connectivity index is 1.54. The minimum absolute atomic E-state index is 0.137. The highest BCUT2D eigenvalue weighted by Crippen LogP contribution is 2.42. The van der Waals surface area contributed by atoms with Gasteiger partial charge in [-0.1, -0.05) is 26.0 Å². The number of nitrogens with zero attached hydrogens (tertiary/aromatic N) is 2. The fourth-order valence-electron chi connectivity index (χ4n) is 4.48. The number of aliphatic imine (C=N–C) groups is 1. The van der Waals surface area contributed by atoms with Crippen LogP contribution in [0, 0.1) is 5.92 Å². The van der Waals surface area contributed by atoms with Crippen LogP contribution < -0.4 is 20.7 Å². The number of amides is 4. The third-order valence-corrected chi connectivity index (χ3v) is 7.41. The average molecular weight is 516 g/mol. The summed E-state index contributed by atoms with van der Waals surface area (Å²) in [6, 6.07) is 5.13.